The highest BCUT2D eigenvalue weighted by Crippen LogP contribution is 2.25. The molecule has 6 heteroatoms. The van der Waals surface area contributed by atoms with Crippen LogP contribution in [-0.2, 0) is 11.3 Å². The highest BCUT2D eigenvalue weighted by atomic mass is 32.1. The van der Waals surface area contributed by atoms with Crippen molar-refractivity contribution in [3.63, 3.8) is 0 Å². The Morgan fingerprint density at radius 1 is 1.33 bits per heavy atom. The number of rotatable bonds is 3. The number of aryl methyl sites for hydroxylation is 3. The monoisotopic (exact) mass is 347 g/mol. The van der Waals surface area contributed by atoms with Crippen molar-refractivity contribution in [2.24, 2.45) is 5.92 Å². The third-order valence-electron chi connectivity index (χ3n) is 5.09. The molecule has 2 aromatic rings. The lowest BCUT2D eigenvalue weighted by atomic mass is 10.0. The lowest BCUT2D eigenvalue weighted by Gasteiger charge is -2.20. The molecule has 0 radical (unpaired) electrons. The first-order valence-corrected chi connectivity index (χ1v) is 9.52. The van der Waals surface area contributed by atoms with E-state index in [-0.39, 0.29) is 11.5 Å². The van der Waals surface area contributed by atoms with Gasteiger partial charge in [-0.15, -0.1) is 11.3 Å². The topological polar surface area (TPSA) is 55.2 Å². The summed E-state index contributed by atoms with van der Waals surface area (Å²) in [6.45, 7) is 8.31. The van der Waals surface area contributed by atoms with Crippen molar-refractivity contribution in [1.29, 1.82) is 0 Å². The van der Waals surface area contributed by atoms with Gasteiger partial charge in [0.05, 0.1) is 11.7 Å². The number of likely N-dealkylation sites (tertiary alicyclic amines) is 1. The fraction of sp³-hybridized carbons (Fsp3) is 0.611. The van der Waals surface area contributed by atoms with Crippen LogP contribution in [0.2, 0.25) is 0 Å². The van der Waals surface area contributed by atoms with Gasteiger partial charge in [0.15, 0.2) is 0 Å². The first kappa shape index (κ1) is 17.1. The van der Waals surface area contributed by atoms with E-state index >= 15 is 0 Å². The minimum Gasteiger partial charge on any atom is -0.343 e. The van der Waals surface area contributed by atoms with Crippen LogP contribution in [0.25, 0.3) is 10.2 Å². The summed E-state index contributed by atoms with van der Waals surface area (Å²) in [7, 11) is 0. The second-order valence-electron chi connectivity index (χ2n) is 6.87. The maximum Gasteiger partial charge on any atom is 0.262 e. The molecule has 1 aliphatic rings. The maximum absolute atomic E-state index is 12.7. The number of aromatic nitrogens is 2. The van der Waals surface area contributed by atoms with Gasteiger partial charge >= 0.3 is 0 Å². The minimum absolute atomic E-state index is 0.0286. The Balaban J connectivity index is 1.71. The van der Waals surface area contributed by atoms with Gasteiger partial charge in [-0.3, -0.25) is 14.2 Å². The van der Waals surface area contributed by atoms with Gasteiger partial charge in [-0.2, -0.15) is 0 Å². The predicted molar refractivity (Wildman–Crippen MR) is 97.6 cm³/mol. The Labute approximate surface area is 146 Å². The average molecular weight is 347 g/mol. The highest BCUT2D eigenvalue weighted by molar-refractivity contribution is 7.18. The van der Waals surface area contributed by atoms with Crippen LogP contribution < -0.4 is 5.56 Å². The van der Waals surface area contributed by atoms with Crippen molar-refractivity contribution in [2.75, 3.05) is 13.1 Å². The first-order chi connectivity index (χ1) is 11.5. The van der Waals surface area contributed by atoms with E-state index in [2.05, 4.69) is 11.9 Å². The van der Waals surface area contributed by atoms with Gasteiger partial charge in [-0.05, 0) is 44.6 Å². The lowest BCUT2D eigenvalue weighted by molar-refractivity contribution is -0.131. The molecule has 2 aromatic heterocycles. The van der Waals surface area contributed by atoms with Crippen molar-refractivity contribution in [1.82, 2.24) is 14.5 Å². The molecule has 1 unspecified atom stereocenters. The van der Waals surface area contributed by atoms with Crippen molar-refractivity contribution < 1.29 is 4.79 Å². The quantitative estimate of drug-likeness (QED) is 0.857. The van der Waals surface area contributed by atoms with Crippen molar-refractivity contribution >= 4 is 27.5 Å². The van der Waals surface area contributed by atoms with Crippen LogP contribution in [-0.4, -0.2) is 33.4 Å². The zero-order valence-electron chi connectivity index (χ0n) is 14.7. The number of thiophene rings is 1. The molecule has 0 N–H and O–H groups in total. The summed E-state index contributed by atoms with van der Waals surface area (Å²) in [6, 6.07) is 0. The molecule has 0 aliphatic carbocycles. The van der Waals surface area contributed by atoms with Crippen LogP contribution in [0.15, 0.2) is 11.1 Å². The molecule has 0 bridgehead atoms. The second kappa shape index (κ2) is 7.05. The van der Waals surface area contributed by atoms with Crippen LogP contribution in [0.4, 0.5) is 0 Å². The molecule has 1 fully saturated rings. The lowest BCUT2D eigenvalue weighted by Crippen LogP contribution is -2.33. The molecule has 130 valence electrons. The van der Waals surface area contributed by atoms with Crippen LogP contribution in [0.3, 0.4) is 0 Å². The summed E-state index contributed by atoms with van der Waals surface area (Å²) >= 11 is 1.55. The second-order valence-corrected chi connectivity index (χ2v) is 8.08. The number of carbonyl (C=O) groups is 1. The Bertz CT molecular complexity index is 808. The Morgan fingerprint density at radius 2 is 2.12 bits per heavy atom. The summed E-state index contributed by atoms with van der Waals surface area (Å²) < 4.78 is 1.58. The van der Waals surface area contributed by atoms with Gasteiger partial charge < -0.3 is 4.90 Å². The molecule has 1 amide bonds. The van der Waals surface area contributed by atoms with Gasteiger partial charge in [-0.1, -0.05) is 6.92 Å². The molecule has 1 saturated heterocycles. The Morgan fingerprint density at radius 3 is 2.92 bits per heavy atom. The zero-order chi connectivity index (χ0) is 17.3. The van der Waals surface area contributed by atoms with Gasteiger partial charge in [0, 0.05) is 30.9 Å². The number of nitrogens with zero attached hydrogens (tertiary/aromatic N) is 3. The summed E-state index contributed by atoms with van der Waals surface area (Å²) in [6.07, 6.45) is 5.29. The maximum atomic E-state index is 12.7. The van der Waals surface area contributed by atoms with Gasteiger partial charge in [-0.25, -0.2) is 4.98 Å². The molecule has 24 heavy (non-hydrogen) atoms. The van der Waals surface area contributed by atoms with Crippen molar-refractivity contribution in [2.45, 2.75) is 53.0 Å². The van der Waals surface area contributed by atoms with Crippen LogP contribution in [0, 0.1) is 19.8 Å². The van der Waals surface area contributed by atoms with E-state index < -0.39 is 0 Å². The van der Waals surface area contributed by atoms with Gasteiger partial charge in [0.2, 0.25) is 5.91 Å². The molecule has 3 heterocycles. The fourth-order valence-electron chi connectivity index (χ4n) is 3.32. The smallest absolute Gasteiger partial charge is 0.262 e. The van der Waals surface area contributed by atoms with E-state index in [0.29, 0.717) is 24.3 Å². The molecular weight excluding hydrogens is 322 g/mol. The van der Waals surface area contributed by atoms with Crippen LogP contribution in [0.5, 0.6) is 0 Å². The largest absolute Gasteiger partial charge is 0.343 e. The molecule has 0 aromatic carbocycles. The SMILES string of the molecule is Cc1sc2ncn(CCC(=O)N3CCCC(C)CC3)c(=O)c2c1C. The van der Waals surface area contributed by atoms with Crippen molar-refractivity contribution in [3.05, 3.63) is 27.1 Å². The molecule has 1 aliphatic heterocycles. The summed E-state index contributed by atoms with van der Waals surface area (Å²) in [5, 5.41) is 0.705. The number of amides is 1. The van der Waals surface area contributed by atoms with Crippen molar-refractivity contribution in [3.8, 4) is 0 Å². The molecule has 5 nitrogen and oxygen atoms in total. The summed E-state index contributed by atoms with van der Waals surface area (Å²) in [4.78, 5) is 33.4. The number of fused-ring (bicyclic) bond motifs is 1. The van der Waals surface area contributed by atoms with E-state index in [1.165, 1.54) is 6.42 Å². The van der Waals surface area contributed by atoms with Gasteiger partial charge in [0.1, 0.15) is 4.83 Å². The van der Waals surface area contributed by atoms with E-state index in [9.17, 15) is 9.59 Å². The number of hydrogen-bond acceptors (Lipinski definition) is 4. The minimum atomic E-state index is -0.0286. The summed E-state index contributed by atoms with van der Waals surface area (Å²) in [5.41, 5.74) is 0.980. The van der Waals surface area contributed by atoms with E-state index in [4.69, 9.17) is 0 Å². The van der Waals surface area contributed by atoms with E-state index in [1.807, 2.05) is 18.7 Å². The first-order valence-electron chi connectivity index (χ1n) is 8.70. The molecule has 1 atom stereocenters. The van der Waals surface area contributed by atoms with E-state index in [1.54, 1.807) is 22.2 Å². The van der Waals surface area contributed by atoms with E-state index in [0.717, 1.165) is 41.2 Å². The Hall–Kier alpha value is -1.69. The normalized spacial score (nSPS) is 18.8. The Kier molecular flexibility index (Phi) is 5.04. The third-order valence-corrected chi connectivity index (χ3v) is 6.21. The standard InChI is InChI=1S/C18H25N3O2S/c1-12-5-4-8-20(9-6-12)15(22)7-10-21-11-19-17-16(18(21)23)13(2)14(3)24-17/h11-12H,4-10H2,1-3H3. The van der Waals surface area contributed by atoms with Gasteiger partial charge in [0.25, 0.3) is 5.56 Å². The molecule has 0 saturated carbocycles. The summed E-state index contributed by atoms with van der Waals surface area (Å²) in [5.74, 6) is 0.844. The zero-order valence-corrected chi connectivity index (χ0v) is 15.5. The highest BCUT2D eigenvalue weighted by Gasteiger charge is 2.19. The van der Waals surface area contributed by atoms with Crippen LogP contribution in [0.1, 0.15) is 43.0 Å². The van der Waals surface area contributed by atoms with Crippen LogP contribution >= 0.6 is 11.3 Å². The average Bonchev–Trinajstić information content (AvgIpc) is 2.72. The molecule has 0 spiro atoms. The fourth-order valence-corrected chi connectivity index (χ4v) is 4.30. The molecule has 3 rings (SSSR count). The number of carbonyl (C=O) groups excluding carboxylic acids is 1. The predicted octanol–water partition coefficient (Wildman–Crippen LogP) is 3.11. The molecular formula is C18H25N3O2S. The third kappa shape index (κ3) is 3.38. The number of hydrogen-bond donors (Lipinski definition) is 0.